The average molecular weight is 172 g/mol. The Hall–Kier alpha value is -0.570. The molecule has 1 atom stereocenters. The monoisotopic (exact) mass is 172 g/mol. The number of esters is 1. The van der Waals surface area contributed by atoms with Crippen molar-refractivity contribution in [1.29, 1.82) is 0 Å². The zero-order chi connectivity index (χ0) is 9.19. The summed E-state index contributed by atoms with van der Waals surface area (Å²) in [7, 11) is 0. The van der Waals surface area contributed by atoms with Gasteiger partial charge in [0.2, 0.25) is 0 Å². The molecule has 0 spiro atoms. The molecule has 1 rings (SSSR count). The second kappa shape index (κ2) is 3.44. The minimum absolute atomic E-state index is 0.0533. The molecule has 1 fully saturated rings. The van der Waals surface area contributed by atoms with Gasteiger partial charge in [0.15, 0.2) is 0 Å². The van der Waals surface area contributed by atoms with E-state index in [9.17, 15) is 4.79 Å². The van der Waals surface area contributed by atoms with Crippen molar-refractivity contribution in [3.05, 3.63) is 0 Å². The van der Waals surface area contributed by atoms with Gasteiger partial charge in [-0.3, -0.25) is 4.79 Å². The Balaban J connectivity index is 2.44. The van der Waals surface area contributed by atoms with Gasteiger partial charge in [-0.2, -0.15) is 0 Å². The predicted molar refractivity (Wildman–Crippen MR) is 44.8 cm³/mol. The number of hydrogen-bond donors (Lipinski definition) is 0. The van der Waals surface area contributed by atoms with Crippen molar-refractivity contribution in [1.82, 2.24) is 0 Å². The van der Waals surface area contributed by atoms with E-state index in [4.69, 9.17) is 9.47 Å². The van der Waals surface area contributed by atoms with Gasteiger partial charge in [-0.15, -0.1) is 0 Å². The summed E-state index contributed by atoms with van der Waals surface area (Å²) in [6.07, 6.45) is 0.811. The summed E-state index contributed by atoms with van der Waals surface area (Å²) in [5.74, 6) is -0.189. The Labute approximate surface area is 73.0 Å². The van der Waals surface area contributed by atoms with E-state index in [-0.39, 0.29) is 17.5 Å². The molecule has 70 valence electrons. The van der Waals surface area contributed by atoms with Crippen molar-refractivity contribution in [2.75, 3.05) is 13.2 Å². The Bertz CT molecular complexity index is 169. The highest BCUT2D eigenvalue weighted by molar-refractivity contribution is 5.72. The van der Waals surface area contributed by atoms with Gasteiger partial charge < -0.3 is 9.47 Å². The van der Waals surface area contributed by atoms with Crippen LogP contribution in [0.5, 0.6) is 0 Å². The fourth-order valence-corrected chi connectivity index (χ4v) is 1.09. The molecule has 1 aliphatic heterocycles. The summed E-state index contributed by atoms with van der Waals surface area (Å²) in [5.41, 5.74) is -0.374. The fraction of sp³-hybridized carbons (Fsp3) is 0.889. The molecule has 0 saturated carbocycles. The first kappa shape index (κ1) is 9.52. The molecule has 0 bridgehead atoms. The molecule has 3 nitrogen and oxygen atoms in total. The van der Waals surface area contributed by atoms with Crippen molar-refractivity contribution in [3.8, 4) is 0 Å². The van der Waals surface area contributed by atoms with E-state index in [0.717, 1.165) is 6.42 Å². The van der Waals surface area contributed by atoms with Gasteiger partial charge in [0, 0.05) is 6.42 Å². The molecule has 1 saturated heterocycles. The molecule has 12 heavy (non-hydrogen) atoms. The third-order valence-corrected chi connectivity index (χ3v) is 2.00. The molecular formula is C9H16O3. The summed E-state index contributed by atoms with van der Waals surface area (Å²) in [6, 6.07) is 0. The van der Waals surface area contributed by atoms with Crippen LogP contribution in [-0.4, -0.2) is 24.8 Å². The van der Waals surface area contributed by atoms with Crippen molar-refractivity contribution in [3.63, 3.8) is 0 Å². The first-order chi connectivity index (χ1) is 5.53. The summed E-state index contributed by atoms with van der Waals surface area (Å²) < 4.78 is 10.5. The van der Waals surface area contributed by atoms with E-state index in [1.165, 1.54) is 0 Å². The van der Waals surface area contributed by atoms with E-state index in [1.807, 2.05) is 20.8 Å². The normalized spacial score (nSPS) is 29.3. The van der Waals surface area contributed by atoms with Crippen molar-refractivity contribution in [2.45, 2.75) is 32.8 Å². The van der Waals surface area contributed by atoms with Gasteiger partial charge in [-0.05, 0) is 6.92 Å². The minimum Gasteiger partial charge on any atom is -0.457 e. The number of hydrogen-bond acceptors (Lipinski definition) is 3. The van der Waals surface area contributed by atoms with E-state index >= 15 is 0 Å². The second-order valence-electron chi connectivity index (χ2n) is 3.83. The Morgan fingerprint density at radius 2 is 2.25 bits per heavy atom. The van der Waals surface area contributed by atoms with Gasteiger partial charge in [-0.25, -0.2) is 0 Å². The number of ether oxygens (including phenoxy) is 2. The lowest BCUT2D eigenvalue weighted by Crippen LogP contribution is -2.33. The van der Waals surface area contributed by atoms with Gasteiger partial charge in [0.25, 0.3) is 0 Å². The molecular weight excluding hydrogens is 156 g/mol. The molecule has 0 aromatic rings. The van der Waals surface area contributed by atoms with Crippen LogP contribution >= 0.6 is 0 Å². The first-order valence-corrected chi connectivity index (χ1v) is 4.34. The van der Waals surface area contributed by atoms with Crippen LogP contribution in [0.25, 0.3) is 0 Å². The van der Waals surface area contributed by atoms with Gasteiger partial charge in [0.1, 0.15) is 5.60 Å². The van der Waals surface area contributed by atoms with Crippen LogP contribution in [0.4, 0.5) is 0 Å². The van der Waals surface area contributed by atoms with Crippen LogP contribution < -0.4 is 0 Å². The van der Waals surface area contributed by atoms with Crippen LogP contribution in [0.1, 0.15) is 27.2 Å². The average Bonchev–Trinajstić information content (AvgIpc) is 2.35. The zero-order valence-electron chi connectivity index (χ0n) is 7.92. The van der Waals surface area contributed by atoms with E-state index in [2.05, 4.69) is 0 Å². The van der Waals surface area contributed by atoms with Crippen LogP contribution in [0.3, 0.4) is 0 Å². The molecule has 0 aromatic carbocycles. The lowest BCUT2D eigenvalue weighted by molar-refractivity contribution is -0.161. The van der Waals surface area contributed by atoms with Crippen LogP contribution in [0.2, 0.25) is 0 Å². The largest absolute Gasteiger partial charge is 0.457 e. The highest BCUT2D eigenvalue weighted by Gasteiger charge is 2.34. The maximum atomic E-state index is 11.2. The molecule has 1 aliphatic rings. The maximum Gasteiger partial charge on any atom is 0.308 e. The molecule has 0 amide bonds. The molecule has 0 aliphatic carbocycles. The number of carbonyl (C=O) groups is 1. The molecule has 1 heterocycles. The van der Waals surface area contributed by atoms with Crippen molar-refractivity contribution >= 4 is 5.97 Å². The topological polar surface area (TPSA) is 35.5 Å². The second-order valence-corrected chi connectivity index (χ2v) is 3.83. The summed E-state index contributed by atoms with van der Waals surface area (Å²) in [5, 5.41) is 0. The summed E-state index contributed by atoms with van der Waals surface area (Å²) in [6.45, 7) is 6.82. The zero-order valence-corrected chi connectivity index (χ0v) is 7.92. The quantitative estimate of drug-likeness (QED) is 0.590. The lowest BCUT2D eigenvalue weighted by Gasteiger charge is -2.23. The van der Waals surface area contributed by atoms with Crippen molar-refractivity contribution < 1.29 is 14.3 Å². The minimum atomic E-state index is -0.374. The molecule has 3 heteroatoms. The highest BCUT2D eigenvalue weighted by Crippen LogP contribution is 2.23. The van der Waals surface area contributed by atoms with Crippen LogP contribution in [0, 0.1) is 5.92 Å². The third kappa shape index (κ3) is 2.21. The Morgan fingerprint density at radius 1 is 1.58 bits per heavy atom. The first-order valence-electron chi connectivity index (χ1n) is 4.34. The predicted octanol–water partition coefficient (Wildman–Crippen LogP) is 1.36. The highest BCUT2D eigenvalue weighted by atomic mass is 16.6. The standard InChI is InChI=1S/C9H16O3/c1-7(2)8(10)12-9(3)4-5-11-6-9/h7H,4-6H2,1-3H3. The number of carbonyl (C=O) groups excluding carboxylic acids is 1. The van der Waals surface area contributed by atoms with Gasteiger partial charge in [0.05, 0.1) is 19.1 Å². The number of rotatable bonds is 2. The summed E-state index contributed by atoms with van der Waals surface area (Å²) in [4.78, 5) is 11.2. The van der Waals surface area contributed by atoms with E-state index in [0.29, 0.717) is 13.2 Å². The maximum absolute atomic E-state index is 11.2. The smallest absolute Gasteiger partial charge is 0.308 e. The van der Waals surface area contributed by atoms with Gasteiger partial charge >= 0.3 is 5.97 Å². The van der Waals surface area contributed by atoms with Crippen LogP contribution in [-0.2, 0) is 14.3 Å². The fourth-order valence-electron chi connectivity index (χ4n) is 1.09. The lowest BCUT2D eigenvalue weighted by atomic mass is 10.1. The van der Waals surface area contributed by atoms with Crippen molar-refractivity contribution in [2.24, 2.45) is 5.92 Å². The van der Waals surface area contributed by atoms with E-state index < -0.39 is 0 Å². The van der Waals surface area contributed by atoms with E-state index in [1.54, 1.807) is 0 Å². The summed E-state index contributed by atoms with van der Waals surface area (Å²) >= 11 is 0. The molecule has 1 unspecified atom stereocenters. The third-order valence-electron chi connectivity index (χ3n) is 2.00. The molecule has 0 radical (unpaired) electrons. The Kier molecular flexibility index (Phi) is 2.73. The van der Waals surface area contributed by atoms with Gasteiger partial charge in [-0.1, -0.05) is 13.8 Å². The Morgan fingerprint density at radius 3 is 2.67 bits per heavy atom. The molecule has 0 N–H and O–H groups in total. The molecule has 0 aromatic heterocycles. The van der Waals surface area contributed by atoms with Crippen LogP contribution in [0.15, 0.2) is 0 Å². The SMILES string of the molecule is CC(C)C(=O)OC1(C)CCOC1.